The van der Waals surface area contributed by atoms with Gasteiger partial charge in [0.2, 0.25) is 0 Å². The van der Waals surface area contributed by atoms with Crippen molar-refractivity contribution < 1.29 is 23.2 Å². The number of carbonyl (C=O) groups is 3. The van der Waals surface area contributed by atoms with Gasteiger partial charge in [0.15, 0.2) is 12.3 Å². The molecule has 9 nitrogen and oxygen atoms in total. The van der Waals surface area contributed by atoms with E-state index in [1.807, 2.05) is 0 Å². The third-order valence-electron chi connectivity index (χ3n) is 5.04. The highest BCUT2D eigenvalue weighted by Gasteiger charge is 2.49. The Kier molecular flexibility index (Phi) is 5.78. The van der Waals surface area contributed by atoms with E-state index in [2.05, 4.69) is 31.5 Å². The van der Waals surface area contributed by atoms with Crippen LogP contribution in [-0.2, 0) is 4.79 Å². The third-order valence-corrected chi connectivity index (χ3v) is 5.48. The number of primary amides is 1. The van der Waals surface area contributed by atoms with Gasteiger partial charge in [-0.2, -0.15) is 0 Å². The lowest BCUT2D eigenvalue weighted by atomic mass is 10.1. The first-order chi connectivity index (χ1) is 15.3. The largest absolute Gasteiger partial charge is 0.351 e. The highest BCUT2D eigenvalue weighted by Crippen LogP contribution is 2.29. The number of aromatic nitrogens is 2. The molecule has 4 N–H and O–H groups in total. The van der Waals surface area contributed by atoms with E-state index in [0.717, 1.165) is 9.47 Å². The lowest BCUT2D eigenvalue weighted by Gasteiger charge is -2.24. The summed E-state index contributed by atoms with van der Waals surface area (Å²) in [6, 6.07) is 7.97. The van der Waals surface area contributed by atoms with Crippen LogP contribution < -0.4 is 16.4 Å². The summed E-state index contributed by atoms with van der Waals surface area (Å²) in [5.74, 6) is -0.804. The zero-order valence-electron chi connectivity index (χ0n) is 16.3. The summed E-state index contributed by atoms with van der Waals surface area (Å²) >= 11 is 3.16. The maximum absolute atomic E-state index is 14.6. The fourth-order valence-corrected chi connectivity index (χ4v) is 3.94. The highest BCUT2D eigenvalue weighted by atomic mass is 79.9. The van der Waals surface area contributed by atoms with E-state index < -0.39 is 42.9 Å². The first kappa shape index (κ1) is 21.7. The quantitative estimate of drug-likeness (QED) is 0.471. The highest BCUT2D eigenvalue weighted by molar-refractivity contribution is 9.10. The van der Waals surface area contributed by atoms with Crippen molar-refractivity contribution >= 4 is 56.3 Å². The van der Waals surface area contributed by atoms with E-state index >= 15 is 0 Å². The van der Waals surface area contributed by atoms with Gasteiger partial charge in [0, 0.05) is 11.6 Å². The molecule has 0 radical (unpaired) electrons. The molecular formula is C20H17BrF2N6O3. The first-order valence-electron chi connectivity index (χ1n) is 9.45. The molecule has 0 bridgehead atoms. The Labute approximate surface area is 188 Å². The minimum Gasteiger partial charge on any atom is -0.351 e. The number of halogens is 3. The molecule has 1 aliphatic rings. The summed E-state index contributed by atoms with van der Waals surface area (Å²) in [6.07, 6.45) is -2.96. The number of hydrogen-bond donors (Lipinski definition) is 3. The molecule has 1 fully saturated rings. The number of nitrogens with zero attached hydrogens (tertiary/aromatic N) is 3. The molecule has 1 aliphatic heterocycles. The lowest BCUT2D eigenvalue weighted by molar-refractivity contribution is -0.121. The number of benzene rings is 1. The monoisotopic (exact) mass is 506 g/mol. The van der Waals surface area contributed by atoms with Crippen LogP contribution >= 0.6 is 15.9 Å². The lowest BCUT2D eigenvalue weighted by Crippen LogP contribution is -2.48. The van der Waals surface area contributed by atoms with Crippen LogP contribution in [0, 0.1) is 0 Å². The van der Waals surface area contributed by atoms with Gasteiger partial charge >= 0.3 is 12.1 Å². The van der Waals surface area contributed by atoms with Crippen LogP contribution in [0.2, 0.25) is 0 Å². The summed E-state index contributed by atoms with van der Waals surface area (Å²) in [6.45, 7) is -0.620. The number of fused-ring (bicyclic) bond motifs is 1. The fourth-order valence-electron chi connectivity index (χ4n) is 3.59. The molecule has 3 heterocycles. The van der Waals surface area contributed by atoms with E-state index in [9.17, 15) is 23.2 Å². The predicted octanol–water partition coefficient (Wildman–Crippen LogP) is 3.26. The minimum atomic E-state index is -2.22. The van der Waals surface area contributed by atoms with Crippen molar-refractivity contribution in [1.82, 2.24) is 14.5 Å². The van der Waals surface area contributed by atoms with Crippen molar-refractivity contribution in [3.8, 4) is 0 Å². The summed E-state index contributed by atoms with van der Waals surface area (Å²) < 4.78 is 30.3. The van der Waals surface area contributed by atoms with Crippen LogP contribution in [0.3, 0.4) is 0 Å². The Morgan fingerprint density at radius 1 is 1.09 bits per heavy atom. The zero-order chi connectivity index (χ0) is 23.0. The fraction of sp³-hybridized carbons (Fsp3) is 0.200. The molecule has 3 aromatic rings. The summed E-state index contributed by atoms with van der Waals surface area (Å²) in [5.41, 5.74) is 6.01. The average Bonchev–Trinajstić information content (AvgIpc) is 3.26. The maximum atomic E-state index is 14.6. The summed E-state index contributed by atoms with van der Waals surface area (Å²) in [4.78, 5) is 42.1. The van der Waals surface area contributed by atoms with E-state index in [0.29, 0.717) is 15.5 Å². The number of nitrogens with two attached hydrogens (primary N) is 1. The number of pyridine rings is 1. The molecular weight excluding hydrogens is 490 g/mol. The number of likely N-dealkylation sites (tertiary alicyclic amines) is 1. The Bertz CT molecular complexity index is 1220. The van der Waals surface area contributed by atoms with Gasteiger partial charge in [0.05, 0.1) is 17.7 Å². The Hall–Kier alpha value is -3.54. The second-order valence-corrected chi connectivity index (χ2v) is 7.90. The van der Waals surface area contributed by atoms with Crippen molar-refractivity contribution in [2.75, 3.05) is 17.2 Å². The molecule has 166 valence electrons. The van der Waals surface area contributed by atoms with Gasteiger partial charge in [-0.3, -0.25) is 9.36 Å². The number of carbonyl (C=O) groups excluding carboxylic acids is 3. The molecule has 1 saturated heterocycles. The van der Waals surface area contributed by atoms with Gasteiger partial charge in [0.25, 0.3) is 5.91 Å². The van der Waals surface area contributed by atoms with Gasteiger partial charge in [0.1, 0.15) is 16.5 Å². The van der Waals surface area contributed by atoms with Gasteiger partial charge in [-0.1, -0.05) is 24.3 Å². The summed E-state index contributed by atoms with van der Waals surface area (Å²) in [7, 11) is 0. The van der Waals surface area contributed by atoms with Crippen molar-refractivity contribution in [2.45, 2.75) is 18.4 Å². The van der Waals surface area contributed by atoms with Crippen molar-refractivity contribution in [3.05, 3.63) is 53.3 Å². The number of nitrogens with one attached hydrogen (secondary N) is 2. The number of amides is 4. The van der Waals surface area contributed by atoms with Crippen LogP contribution in [0.15, 0.2) is 53.3 Å². The molecule has 2 aromatic heterocycles. The standard InChI is InChI=1S/C20H17BrF2N6O3/c21-14-6-3-7-15(26-14)27-18(30)17-16(23)11(22)8-29(17)20(32)25-12-9-28(19(24)31)13-5-2-1-4-10(12)13/h1-7,9,11,16-17H,8H2,(H2,24,31)(H,25,32)(H,26,27,30). The van der Waals surface area contributed by atoms with Crippen molar-refractivity contribution in [2.24, 2.45) is 5.73 Å². The summed E-state index contributed by atoms with van der Waals surface area (Å²) in [5, 5.41) is 5.41. The van der Waals surface area contributed by atoms with Crippen molar-refractivity contribution in [3.63, 3.8) is 0 Å². The van der Waals surface area contributed by atoms with Gasteiger partial charge in [-0.15, -0.1) is 0 Å². The van der Waals surface area contributed by atoms with Crippen LogP contribution in [-0.4, -0.2) is 57.4 Å². The number of para-hydroxylation sites is 1. The number of rotatable bonds is 3. The molecule has 1 aromatic carbocycles. The first-order valence-corrected chi connectivity index (χ1v) is 10.2. The van der Waals surface area contributed by atoms with Crippen LogP contribution in [0.1, 0.15) is 0 Å². The number of anilines is 2. The Balaban J connectivity index is 1.59. The number of hydrogen-bond acceptors (Lipinski definition) is 4. The number of alkyl halides is 2. The Morgan fingerprint density at radius 3 is 2.56 bits per heavy atom. The zero-order valence-corrected chi connectivity index (χ0v) is 17.9. The Morgan fingerprint density at radius 2 is 1.84 bits per heavy atom. The predicted molar refractivity (Wildman–Crippen MR) is 117 cm³/mol. The molecule has 32 heavy (non-hydrogen) atoms. The van der Waals surface area contributed by atoms with Gasteiger partial charge in [-0.25, -0.2) is 23.4 Å². The van der Waals surface area contributed by atoms with Crippen LogP contribution in [0.4, 0.5) is 29.9 Å². The minimum absolute atomic E-state index is 0.115. The second kappa shape index (κ2) is 8.54. The topological polar surface area (TPSA) is 122 Å². The second-order valence-electron chi connectivity index (χ2n) is 7.09. The van der Waals surface area contributed by atoms with E-state index in [-0.39, 0.29) is 11.5 Å². The molecule has 0 saturated carbocycles. The molecule has 0 spiro atoms. The molecule has 3 atom stereocenters. The third kappa shape index (κ3) is 4.00. The van der Waals surface area contributed by atoms with Crippen molar-refractivity contribution in [1.29, 1.82) is 0 Å². The average molecular weight is 507 g/mol. The molecule has 0 aliphatic carbocycles. The van der Waals surface area contributed by atoms with Gasteiger partial charge in [-0.05, 0) is 34.1 Å². The smallest absolute Gasteiger partial charge is 0.323 e. The molecule has 4 rings (SSSR count). The molecule has 12 heteroatoms. The van der Waals surface area contributed by atoms with E-state index in [1.54, 1.807) is 36.4 Å². The van der Waals surface area contributed by atoms with E-state index in [4.69, 9.17) is 5.73 Å². The molecule has 3 unspecified atom stereocenters. The SMILES string of the molecule is NC(=O)n1cc(NC(=O)N2CC(F)C(F)C2C(=O)Nc2cccc(Br)n2)c2ccccc21. The van der Waals surface area contributed by atoms with E-state index in [1.165, 1.54) is 12.3 Å². The normalized spacial score (nSPS) is 20.3. The van der Waals surface area contributed by atoms with Crippen LogP contribution in [0.25, 0.3) is 10.9 Å². The number of urea groups is 1. The van der Waals surface area contributed by atoms with Gasteiger partial charge < -0.3 is 21.3 Å². The van der Waals surface area contributed by atoms with Crippen LogP contribution in [0.5, 0.6) is 0 Å². The maximum Gasteiger partial charge on any atom is 0.323 e. The molecule has 4 amide bonds.